The van der Waals surface area contributed by atoms with E-state index in [0.717, 1.165) is 26.1 Å². The third-order valence-electron chi connectivity index (χ3n) is 3.94. The molecule has 102 valence electrons. The Hall–Kier alpha value is -1.57. The zero-order valence-corrected chi connectivity index (χ0v) is 11.7. The van der Waals surface area contributed by atoms with Gasteiger partial charge in [-0.15, -0.1) is 0 Å². The van der Waals surface area contributed by atoms with Crippen LogP contribution in [0.25, 0.3) is 0 Å². The third kappa shape index (κ3) is 3.06. The summed E-state index contributed by atoms with van der Waals surface area (Å²) in [6.45, 7) is 5.02. The summed E-state index contributed by atoms with van der Waals surface area (Å²) in [5.74, 6) is 0. The van der Waals surface area contributed by atoms with Crippen LogP contribution in [-0.4, -0.2) is 43.7 Å². The Kier molecular flexibility index (Phi) is 4.41. The third-order valence-corrected chi connectivity index (χ3v) is 3.94. The molecule has 1 fully saturated rings. The molecule has 1 aromatic carbocycles. The minimum Gasteiger partial charge on any atom is -0.366 e. The van der Waals surface area contributed by atoms with Crippen LogP contribution in [0.1, 0.15) is 18.9 Å². The van der Waals surface area contributed by atoms with E-state index in [1.165, 1.54) is 5.69 Å². The Morgan fingerprint density at radius 1 is 1.32 bits per heavy atom. The van der Waals surface area contributed by atoms with Gasteiger partial charge in [0.1, 0.15) is 0 Å². The average molecular weight is 258 g/mol. The molecular weight excluding hydrogens is 236 g/mol. The molecule has 1 aliphatic rings. The first-order valence-electron chi connectivity index (χ1n) is 6.82. The van der Waals surface area contributed by atoms with E-state index in [2.05, 4.69) is 29.8 Å². The molecule has 2 atom stereocenters. The summed E-state index contributed by atoms with van der Waals surface area (Å²) in [6.07, 6.45) is 1.02. The van der Waals surface area contributed by atoms with Crippen molar-refractivity contribution in [1.29, 1.82) is 5.26 Å². The van der Waals surface area contributed by atoms with Crippen molar-refractivity contribution in [3.05, 3.63) is 29.8 Å². The van der Waals surface area contributed by atoms with Crippen molar-refractivity contribution in [2.45, 2.75) is 25.4 Å². The maximum Gasteiger partial charge on any atom is 0.0991 e. The summed E-state index contributed by atoms with van der Waals surface area (Å²) < 4.78 is 0. The second-order valence-electron chi connectivity index (χ2n) is 5.33. The summed E-state index contributed by atoms with van der Waals surface area (Å²) >= 11 is 0. The van der Waals surface area contributed by atoms with Crippen molar-refractivity contribution >= 4 is 5.69 Å². The van der Waals surface area contributed by atoms with Crippen LogP contribution in [0.2, 0.25) is 0 Å². The number of hydrogen-bond acceptors (Lipinski definition) is 4. The minimum atomic E-state index is 0.479. The molecule has 0 radical (unpaired) electrons. The molecule has 0 spiro atoms. The van der Waals surface area contributed by atoms with Crippen LogP contribution in [0.3, 0.4) is 0 Å². The van der Waals surface area contributed by atoms with E-state index in [0.29, 0.717) is 17.6 Å². The lowest BCUT2D eigenvalue weighted by Gasteiger charge is -2.45. The first-order chi connectivity index (χ1) is 9.15. The van der Waals surface area contributed by atoms with Crippen LogP contribution in [0.4, 0.5) is 5.69 Å². The molecule has 4 heteroatoms. The lowest BCUT2D eigenvalue weighted by molar-refractivity contribution is 0.185. The second-order valence-corrected chi connectivity index (χ2v) is 5.33. The van der Waals surface area contributed by atoms with E-state index in [1.807, 2.05) is 24.3 Å². The molecule has 4 nitrogen and oxygen atoms in total. The fourth-order valence-corrected chi connectivity index (χ4v) is 2.80. The Labute approximate surface area is 115 Å². The minimum absolute atomic E-state index is 0.479. The molecule has 1 heterocycles. The molecule has 0 saturated carbocycles. The molecule has 0 bridgehead atoms. The van der Waals surface area contributed by atoms with E-state index >= 15 is 0 Å². The van der Waals surface area contributed by atoms with Gasteiger partial charge in [0.05, 0.1) is 11.6 Å². The average Bonchev–Trinajstić information content (AvgIpc) is 2.42. The Bertz CT molecular complexity index is 448. The number of rotatable bonds is 3. The van der Waals surface area contributed by atoms with Crippen LogP contribution in [0.15, 0.2) is 24.3 Å². The summed E-state index contributed by atoms with van der Waals surface area (Å²) in [6, 6.07) is 11.0. The number of benzene rings is 1. The molecule has 2 rings (SSSR count). The van der Waals surface area contributed by atoms with Gasteiger partial charge >= 0.3 is 0 Å². The standard InChI is InChI=1S/C15H22N4/c1-12-10-18(2)15(7-8-16)11-19(12)14-5-3-13(9-17)4-6-14/h3-6,12,15H,7-8,10-11,16H2,1-2H3. The van der Waals surface area contributed by atoms with Crippen LogP contribution >= 0.6 is 0 Å². The van der Waals surface area contributed by atoms with E-state index in [9.17, 15) is 0 Å². The van der Waals surface area contributed by atoms with Crippen molar-refractivity contribution in [2.75, 3.05) is 31.6 Å². The molecular formula is C15H22N4. The smallest absolute Gasteiger partial charge is 0.0991 e. The topological polar surface area (TPSA) is 56.3 Å². The maximum absolute atomic E-state index is 8.85. The van der Waals surface area contributed by atoms with Crippen LogP contribution in [0, 0.1) is 11.3 Å². The van der Waals surface area contributed by atoms with Crippen molar-refractivity contribution in [2.24, 2.45) is 5.73 Å². The summed E-state index contributed by atoms with van der Waals surface area (Å²) in [4.78, 5) is 4.82. The molecule has 0 aromatic heterocycles. The van der Waals surface area contributed by atoms with Crippen LogP contribution in [0.5, 0.6) is 0 Å². The number of nitrogens with two attached hydrogens (primary N) is 1. The highest BCUT2D eigenvalue weighted by atomic mass is 15.3. The SMILES string of the molecule is CC1CN(C)C(CCN)CN1c1ccc(C#N)cc1. The van der Waals surface area contributed by atoms with E-state index in [-0.39, 0.29) is 0 Å². The predicted molar refractivity (Wildman–Crippen MR) is 78.1 cm³/mol. The van der Waals surface area contributed by atoms with Gasteiger partial charge in [0.2, 0.25) is 0 Å². The quantitative estimate of drug-likeness (QED) is 0.891. The van der Waals surface area contributed by atoms with Crippen molar-refractivity contribution < 1.29 is 0 Å². The molecule has 19 heavy (non-hydrogen) atoms. The van der Waals surface area contributed by atoms with Gasteiger partial charge in [0, 0.05) is 30.9 Å². The zero-order chi connectivity index (χ0) is 13.8. The molecule has 2 unspecified atom stereocenters. The maximum atomic E-state index is 8.85. The fourth-order valence-electron chi connectivity index (χ4n) is 2.80. The number of nitrogens with zero attached hydrogens (tertiary/aromatic N) is 3. The molecule has 1 aromatic rings. The van der Waals surface area contributed by atoms with Gasteiger partial charge < -0.3 is 10.6 Å². The monoisotopic (exact) mass is 258 g/mol. The summed E-state index contributed by atoms with van der Waals surface area (Å²) in [5, 5.41) is 8.85. The van der Waals surface area contributed by atoms with Gasteiger partial charge in [-0.3, -0.25) is 4.90 Å². The predicted octanol–water partition coefficient (Wildman–Crippen LogP) is 1.42. The highest BCUT2D eigenvalue weighted by Gasteiger charge is 2.28. The lowest BCUT2D eigenvalue weighted by atomic mass is 10.0. The number of piperazine rings is 1. The van der Waals surface area contributed by atoms with Gasteiger partial charge in [-0.25, -0.2) is 0 Å². The van der Waals surface area contributed by atoms with E-state index in [4.69, 9.17) is 11.0 Å². The Morgan fingerprint density at radius 3 is 2.58 bits per heavy atom. The van der Waals surface area contributed by atoms with Gasteiger partial charge in [-0.2, -0.15) is 5.26 Å². The largest absolute Gasteiger partial charge is 0.366 e. The van der Waals surface area contributed by atoms with Crippen LogP contribution < -0.4 is 10.6 Å². The normalized spacial score (nSPS) is 24.2. The number of anilines is 1. The first-order valence-corrected chi connectivity index (χ1v) is 6.82. The Balaban J connectivity index is 2.15. The Morgan fingerprint density at radius 2 is 2.00 bits per heavy atom. The fraction of sp³-hybridized carbons (Fsp3) is 0.533. The molecule has 0 amide bonds. The highest BCUT2D eigenvalue weighted by molar-refractivity contribution is 5.51. The first kappa shape index (κ1) is 13.9. The second kappa shape index (κ2) is 6.05. The molecule has 2 N–H and O–H groups in total. The highest BCUT2D eigenvalue weighted by Crippen LogP contribution is 2.23. The molecule has 0 aliphatic carbocycles. The number of hydrogen-bond donors (Lipinski definition) is 1. The van der Waals surface area contributed by atoms with Crippen molar-refractivity contribution in [3.63, 3.8) is 0 Å². The van der Waals surface area contributed by atoms with Crippen molar-refractivity contribution in [1.82, 2.24) is 4.90 Å². The van der Waals surface area contributed by atoms with Gasteiger partial charge in [0.15, 0.2) is 0 Å². The molecule has 1 saturated heterocycles. The van der Waals surface area contributed by atoms with Crippen molar-refractivity contribution in [3.8, 4) is 6.07 Å². The van der Waals surface area contributed by atoms with Gasteiger partial charge in [-0.1, -0.05) is 0 Å². The van der Waals surface area contributed by atoms with E-state index < -0.39 is 0 Å². The number of nitriles is 1. The van der Waals surface area contributed by atoms with Crippen LogP contribution in [-0.2, 0) is 0 Å². The summed E-state index contributed by atoms with van der Waals surface area (Å²) in [7, 11) is 2.17. The summed E-state index contributed by atoms with van der Waals surface area (Å²) in [5.41, 5.74) is 7.61. The molecule has 1 aliphatic heterocycles. The van der Waals surface area contributed by atoms with Gasteiger partial charge in [0.25, 0.3) is 0 Å². The lowest BCUT2D eigenvalue weighted by Crippen LogP contribution is -2.56. The van der Waals surface area contributed by atoms with Gasteiger partial charge in [-0.05, 0) is 51.2 Å². The number of likely N-dealkylation sites (N-methyl/N-ethyl adjacent to an activating group) is 1. The van der Waals surface area contributed by atoms with E-state index in [1.54, 1.807) is 0 Å². The zero-order valence-electron chi connectivity index (χ0n) is 11.7.